The molecule has 0 unspecified atom stereocenters. The molecule has 0 bridgehead atoms. The van der Waals surface area contributed by atoms with Crippen molar-refractivity contribution < 1.29 is 9.18 Å². The first-order valence-corrected chi connectivity index (χ1v) is 12.5. The summed E-state index contributed by atoms with van der Waals surface area (Å²) in [5, 5.41) is 0. The Balaban J connectivity index is 1.16. The van der Waals surface area contributed by atoms with Gasteiger partial charge < -0.3 is 14.4 Å². The van der Waals surface area contributed by atoms with Crippen molar-refractivity contribution in [2.75, 3.05) is 44.2 Å². The number of carbonyl (C=O) groups is 1. The van der Waals surface area contributed by atoms with E-state index in [1.165, 1.54) is 11.6 Å². The van der Waals surface area contributed by atoms with Crippen LogP contribution in [0.5, 0.6) is 0 Å². The molecule has 3 aromatic rings. The van der Waals surface area contributed by atoms with Crippen LogP contribution in [0.25, 0.3) is 11.0 Å². The molecule has 0 radical (unpaired) electrons. The Morgan fingerprint density at radius 1 is 0.971 bits per heavy atom. The van der Waals surface area contributed by atoms with Crippen LogP contribution in [0.4, 0.5) is 10.1 Å². The van der Waals surface area contributed by atoms with Gasteiger partial charge in [-0.05, 0) is 64.0 Å². The van der Waals surface area contributed by atoms with Crippen molar-refractivity contribution in [1.29, 1.82) is 0 Å². The van der Waals surface area contributed by atoms with Crippen LogP contribution in [0.3, 0.4) is 0 Å². The molecule has 2 fully saturated rings. The average Bonchev–Trinajstić information content (AvgIpc) is 3.22. The zero-order valence-corrected chi connectivity index (χ0v) is 20.2. The van der Waals surface area contributed by atoms with E-state index < -0.39 is 0 Å². The lowest BCUT2D eigenvalue weighted by Gasteiger charge is -2.39. The van der Waals surface area contributed by atoms with Crippen LogP contribution in [0.1, 0.15) is 38.6 Å². The number of rotatable bonds is 5. The van der Waals surface area contributed by atoms with Gasteiger partial charge in [-0.15, -0.1) is 0 Å². The normalized spacial score (nSPS) is 18.2. The van der Waals surface area contributed by atoms with Crippen molar-refractivity contribution in [2.24, 2.45) is 5.92 Å². The highest BCUT2D eigenvalue weighted by Crippen LogP contribution is 2.26. The summed E-state index contributed by atoms with van der Waals surface area (Å²) < 4.78 is 16.4. The van der Waals surface area contributed by atoms with E-state index in [-0.39, 0.29) is 17.6 Å². The van der Waals surface area contributed by atoms with Crippen LogP contribution < -0.4 is 4.90 Å². The molecule has 0 N–H and O–H groups in total. The zero-order chi connectivity index (χ0) is 23.7. The van der Waals surface area contributed by atoms with Crippen molar-refractivity contribution in [3.63, 3.8) is 0 Å². The number of carbonyl (C=O) groups excluding carboxylic acids is 1. The number of benzene rings is 2. The maximum absolute atomic E-state index is 14.1. The number of anilines is 1. The van der Waals surface area contributed by atoms with Gasteiger partial charge in [-0.3, -0.25) is 9.69 Å². The van der Waals surface area contributed by atoms with Crippen LogP contribution in [0.15, 0.2) is 48.5 Å². The molecule has 180 valence electrons. The molecule has 2 aliphatic rings. The molecule has 5 rings (SSSR count). The Morgan fingerprint density at radius 2 is 1.65 bits per heavy atom. The number of amides is 1. The van der Waals surface area contributed by atoms with Crippen molar-refractivity contribution >= 4 is 22.6 Å². The molecule has 0 aliphatic carbocycles. The number of piperidine rings is 1. The maximum Gasteiger partial charge on any atom is 0.225 e. The molecule has 2 saturated heterocycles. The molecule has 7 heteroatoms. The van der Waals surface area contributed by atoms with Crippen molar-refractivity contribution in [1.82, 2.24) is 19.4 Å². The SMILES string of the molecule is CC(C)n1c(CN2CCC(C(=O)N3CCN(c4ccccc4F)CC3)CC2)nc2ccccc21. The lowest BCUT2D eigenvalue weighted by Crippen LogP contribution is -2.51. The number of likely N-dealkylation sites (tertiary alicyclic amines) is 1. The number of hydrogen-bond acceptors (Lipinski definition) is 4. The third-order valence-corrected chi connectivity index (χ3v) is 7.27. The molecule has 2 aromatic carbocycles. The van der Waals surface area contributed by atoms with Gasteiger partial charge in [0.25, 0.3) is 0 Å². The smallest absolute Gasteiger partial charge is 0.225 e. The Hall–Kier alpha value is -2.93. The first-order chi connectivity index (χ1) is 16.5. The summed E-state index contributed by atoms with van der Waals surface area (Å²) in [7, 11) is 0. The van der Waals surface area contributed by atoms with Gasteiger partial charge in [0, 0.05) is 38.1 Å². The second-order valence-electron chi connectivity index (χ2n) is 9.79. The molecule has 2 aliphatic heterocycles. The van der Waals surface area contributed by atoms with Crippen molar-refractivity contribution in [3.8, 4) is 0 Å². The fraction of sp³-hybridized carbons (Fsp3) is 0.481. The molecule has 0 atom stereocenters. The summed E-state index contributed by atoms with van der Waals surface area (Å²) in [5.41, 5.74) is 2.87. The number of imidazole rings is 1. The van der Waals surface area contributed by atoms with E-state index in [9.17, 15) is 9.18 Å². The highest BCUT2D eigenvalue weighted by Gasteiger charge is 2.31. The maximum atomic E-state index is 14.1. The first-order valence-electron chi connectivity index (χ1n) is 12.5. The van der Waals surface area contributed by atoms with Gasteiger partial charge in [0.1, 0.15) is 11.6 Å². The Kier molecular flexibility index (Phi) is 6.55. The fourth-order valence-electron chi connectivity index (χ4n) is 5.45. The van der Waals surface area contributed by atoms with E-state index in [1.807, 2.05) is 28.0 Å². The number of fused-ring (bicyclic) bond motifs is 1. The monoisotopic (exact) mass is 463 g/mol. The second kappa shape index (κ2) is 9.74. The second-order valence-corrected chi connectivity index (χ2v) is 9.79. The molecule has 1 aromatic heterocycles. The average molecular weight is 464 g/mol. The fourth-order valence-corrected chi connectivity index (χ4v) is 5.45. The largest absolute Gasteiger partial charge is 0.366 e. The minimum Gasteiger partial charge on any atom is -0.366 e. The van der Waals surface area contributed by atoms with Gasteiger partial charge in [-0.1, -0.05) is 24.3 Å². The van der Waals surface area contributed by atoms with Crippen LogP contribution in [0.2, 0.25) is 0 Å². The van der Waals surface area contributed by atoms with Gasteiger partial charge in [0.15, 0.2) is 0 Å². The van der Waals surface area contributed by atoms with Crippen LogP contribution >= 0.6 is 0 Å². The summed E-state index contributed by atoms with van der Waals surface area (Å²) in [6, 6.07) is 15.6. The van der Waals surface area contributed by atoms with Gasteiger partial charge in [-0.2, -0.15) is 0 Å². The molecule has 0 spiro atoms. The minimum atomic E-state index is -0.194. The number of para-hydroxylation sites is 3. The molecule has 0 saturated carbocycles. The van der Waals surface area contributed by atoms with E-state index in [1.54, 1.807) is 6.07 Å². The predicted octanol–water partition coefficient (Wildman–Crippen LogP) is 4.32. The van der Waals surface area contributed by atoms with E-state index >= 15 is 0 Å². The van der Waals surface area contributed by atoms with E-state index in [0.29, 0.717) is 37.9 Å². The Morgan fingerprint density at radius 3 is 2.35 bits per heavy atom. The highest BCUT2D eigenvalue weighted by molar-refractivity contribution is 5.79. The third-order valence-electron chi connectivity index (χ3n) is 7.27. The molecule has 6 nitrogen and oxygen atoms in total. The van der Waals surface area contributed by atoms with E-state index in [4.69, 9.17) is 4.98 Å². The van der Waals surface area contributed by atoms with E-state index in [0.717, 1.165) is 43.8 Å². The summed E-state index contributed by atoms with van der Waals surface area (Å²) >= 11 is 0. The standard InChI is InChI=1S/C27H34FN5O/c1-20(2)33-25-10-6-4-8-23(25)29-26(33)19-30-13-11-21(12-14-30)27(34)32-17-15-31(16-18-32)24-9-5-3-7-22(24)28/h3-10,20-21H,11-19H2,1-2H3. The third kappa shape index (κ3) is 4.53. The van der Waals surface area contributed by atoms with Crippen molar-refractivity contribution in [2.45, 2.75) is 39.3 Å². The van der Waals surface area contributed by atoms with Crippen LogP contribution in [-0.4, -0.2) is 64.5 Å². The van der Waals surface area contributed by atoms with Crippen LogP contribution in [-0.2, 0) is 11.3 Å². The minimum absolute atomic E-state index is 0.0835. The van der Waals surface area contributed by atoms with Gasteiger partial charge >= 0.3 is 0 Å². The lowest BCUT2D eigenvalue weighted by molar-refractivity contribution is -0.137. The van der Waals surface area contributed by atoms with E-state index in [2.05, 4.69) is 41.5 Å². The summed E-state index contributed by atoms with van der Waals surface area (Å²) in [6.45, 7) is 9.71. The number of aromatic nitrogens is 2. The predicted molar refractivity (Wildman–Crippen MR) is 133 cm³/mol. The summed E-state index contributed by atoms with van der Waals surface area (Å²) in [4.78, 5) is 24.6. The molecular weight excluding hydrogens is 429 g/mol. The van der Waals surface area contributed by atoms with Gasteiger partial charge in [-0.25, -0.2) is 9.37 Å². The molecule has 34 heavy (non-hydrogen) atoms. The number of halogens is 1. The quantitative estimate of drug-likeness (QED) is 0.565. The highest BCUT2D eigenvalue weighted by atomic mass is 19.1. The molecular formula is C27H34FN5O. The number of piperazine rings is 1. The van der Waals surface area contributed by atoms with Gasteiger partial charge in [0.05, 0.1) is 23.3 Å². The number of nitrogens with zero attached hydrogens (tertiary/aromatic N) is 5. The molecule has 3 heterocycles. The Labute approximate surface area is 201 Å². The molecule has 1 amide bonds. The summed E-state index contributed by atoms with van der Waals surface area (Å²) in [5.74, 6) is 1.26. The van der Waals surface area contributed by atoms with Gasteiger partial charge in [0.2, 0.25) is 5.91 Å². The first kappa shape index (κ1) is 22.8. The van der Waals surface area contributed by atoms with Crippen LogP contribution in [0, 0.1) is 11.7 Å². The lowest BCUT2D eigenvalue weighted by atomic mass is 9.95. The summed E-state index contributed by atoms with van der Waals surface area (Å²) in [6.07, 6.45) is 1.77. The topological polar surface area (TPSA) is 44.6 Å². The number of hydrogen-bond donors (Lipinski definition) is 0. The zero-order valence-electron chi connectivity index (χ0n) is 20.2. The van der Waals surface area contributed by atoms with Crippen molar-refractivity contribution in [3.05, 3.63) is 60.2 Å². The Bertz CT molecular complexity index is 1140.